The van der Waals surface area contributed by atoms with E-state index in [1.165, 1.54) is 24.5 Å². The van der Waals surface area contributed by atoms with Gasteiger partial charge in [0.05, 0.1) is 16.3 Å². The Morgan fingerprint density at radius 3 is 2.41 bits per heavy atom. The number of carbonyl (C=O) groups is 1. The molecule has 0 aliphatic carbocycles. The third-order valence-corrected chi connectivity index (χ3v) is 5.91. The molecule has 3 aromatic rings. The summed E-state index contributed by atoms with van der Waals surface area (Å²) in [6.07, 6.45) is 5.76. The summed E-state index contributed by atoms with van der Waals surface area (Å²) in [6, 6.07) is 15.2. The van der Waals surface area contributed by atoms with Gasteiger partial charge in [-0.3, -0.25) is 4.79 Å². The molecular weight excluding hydrogens is 388 g/mol. The van der Waals surface area contributed by atoms with E-state index in [-0.39, 0.29) is 10.8 Å². The van der Waals surface area contributed by atoms with Gasteiger partial charge < -0.3 is 16.0 Å². The lowest BCUT2D eigenvalue weighted by Gasteiger charge is -2.13. The molecule has 0 saturated carbocycles. The van der Waals surface area contributed by atoms with E-state index in [9.17, 15) is 13.2 Å². The van der Waals surface area contributed by atoms with E-state index >= 15 is 0 Å². The van der Waals surface area contributed by atoms with Crippen molar-refractivity contribution in [2.24, 2.45) is 0 Å². The number of nitrogens with zero attached hydrogens (tertiary/aromatic N) is 2. The Balaban J connectivity index is 1.73. The van der Waals surface area contributed by atoms with Crippen molar-refractivity contribution in [2.75, 3.05) is 30.0 Å². The minimum Gasteiger partial charge on any atom is -0.397 e. The maximum absolute atomic E-state index is 12.8. The molecule has 0 atom stereocenters. The Kier molecular flexibility index (Phi) is 5.74. The van der Waals surface area contributed by atoms with E-state index in [0.29, 0.717) is 16.9 Å². The predicted molar refractivity (Wildman–Crippen MR) is 116 cm³/mol. The van der Waals surface area contributed by atoms with Crippen LogP contribution in [0.15, 0.2) is 78.0 Å². The summed E-state index contributed by atoms with van der Waals surface area (Å²) < 4.78 is 26.7. The number of nitrogens with two attached hydrogens (primary N) is 1. The molecule has 3 rings (SSSR count). The van der Waals surface area contributed by atoms with Crippen LogP contribution in [0.1, 0.15) is 5.56 Å². The first-order valence-electron chi connectivity index (χ1n) is 8.82. The van der Waals surface area contributed by atoms with Gasteiger partial charge in [0, 0.05) is 38.3 Å². The van der Waals surface area contributed by atoms with E-state index in [2.05, 4.69) is 5.32 Å². The molecule has 150 valence electrons. The normalized spacial score (nSPS) is 11.5. The molecular formula is C21H22N4O3S. The first-order chi connectivity index (χ1) is 13.8. The lowest BCUT2D eigenvalue weighted by Crippen LogP contribution is -2.12. The summed E-state index contributed by atoms with van der Waals surface area (Å²) in [5.74, 6) is -0.363. The number of carbonyl (C=O) groups excluding carboxylic acids is 1. The molecule has 0 fully saturated rings. The highest BCUT2D eigenvalue weighted by molar-refractivity contribution is 7.90. The molecule has 7 nitrogen and oxygen atoms in total. The second-order valence-corrected chi connectivity index (χ2v) is 8.42. The summed E-state index contributed by atoms with van der Waals surface area (Å²) in [5, 5.41) is 2.68. The van der Waals surface area contributed by atoms with Crippen molar-refractivity contribution in [3.05, 3.63) is 78.6 Å². The van der Waals surface area contributed by atoms with Gasteiger partial charge in [-0.1, -0.05) is 12.1 Å². The third-order valence-electron chi connectivity index (χ3n) is 4.26. The lowest BCUT2D eigenvalue weighted by molar-refractivity contribution is -0.111. The molecule has 0 unspecified atom stereocenters. The number of nitrogen functional groups attached to an aromatic ring is 1. The fourth-order valence-electron chi connectivity index (χ4n) is 2.64. The number of aromatic nitrogens is 1. The molecule has 0 aliphatic heterocycles. The zero-order valence-electron chi connectivity index (χ0n) is 16.1. The maximum Gasteiger partial charge on any atom is 0.267 e. The van der Waals surface area contributed by atoms with Crippen molar-refractivity contribution in [2.45, 2.75) is 4.90 Å². The Morgan fingerprint density at radius 1 is 1.07 bits per heavy atom. The molecule has 0 bridgehead atoms. The minimum absolute atomic E-state index is 0.187. The molecule has 1 heterocycles. The first kappa shape index (κ1) is 20.2. The molecule has 0 saturated heterocycles. The van der Waals surface area contributed by atoms with Crippen LogP contribution >= 0.6 is 0 Å². The Bertz CT molecular complexity index is 1150. The highest BCUT2D eigenvalue weighted by Gasteiger charge is 2.16. The van der Waals surface area contributed by atoms with Gasteiger partial charge in [-0.2, -0.15) is 0 Å². The Hall–Kier alpha value is -3.52. The van der Waals surface area contributed by atoms with Gasteiger partial charge in [-0.25, -0.2) is 12.4 Å². The van der Waals surface area contributed by atoms with Crippen LogP contribution in [-0.2, 0) is 14.8 Å². The highest BCUT2D eigenvalue weighted by Crippen LogP contribution is 2.20. The monoisotopic (exact) mass is 410 g/mol. The van der Waals surface area contributed by atoms with Crippen molar-refractivity contribution >= 4 is 39.1 Å². The predicted octanol–water partition coefficient (Wildman–Crippen LogP) is 3.03. The molecule has 8 heteroatoms. The van der Waals surface area contributed by atoms with Gasteiger partial charge in [0.25, 0.3) is 10.0 Å². The average Bonchev–Trinajstić information content (AvgIpc) is 3.18. The van der Waals surface area contributed by atoms with E-state index < -0.39 is 10.0 Å². The van der Waals surface area contributed by atoms with E-state index in [0.717, 1.165) is 9.66 Å². The van der Waals surface area contributed by atoms with Gasteiger partial charge in [0.1, 0.15) is 0 Å². The van der Waals surface area contributed by atoms with Crippen LogP contribution in [0.5, 0.6) is 0 Å². The van der Waals surface area contributed by atoms with Gasteiger partial charge in [0.15, 0.2) is 0 Å². The van der Waals surface area contributed by atoms with Crippen molar-refractivity contribution in [3.8, 4) is 0 Å². The fraction of sp³-hybridized carbons (Fsp3) is 0.0952. The van der Waals surface area contributed by atoms with Crippen LogP contribution in [0.3, 0.4) is 0 Å². The van der Waals surface area contributed by atoms with Crippen LogP contribution in [0, 0.1) is 0 Å². The number of benzene rings is 2. The van der Waals surface area contributed by atoms with Crippen LogP contribution in [0.2, 0.25) is 0 Å². The van der Waals surface area contributed by atoms with Crippen LogP contribution in [0.25, 0.3) is 6.08 Å². The molecule has 1 amide bonds. The second-order valence-electron chi connectivity index (χ2n) is 6.58. The first-order valence-corrected chi connectivity index (χ1v) is 10.3. The maximum atomic E-state index is 12.8. The standard InChI is InChI=1S/C21H22N4O3S/c1-24(2)17-8-10-18(11-9-17)29(27,28)25-14-13-16(15-25)7-12-21(26)23-20-6-4-3-5-19(20)22/h3-15H,22H2,1-2H3,(H,23,26)/b12-7+. The summed E-state index contributed by atoms with van der Waals surface area (Å²) in [7, 11) is 0.0644. The topological polar surface area (TPSA) is 97.4 Å². The van der Waals surface area contributed by atoms with Crippen molar-refractivity contribution < 1.29 is 13.2 Å². The number of hydrogen-bond donors (Lipinski definition) is 2. The molecule has 0 spiro atoms. The van der Waals surface area contributed by atoms with Crippen molar-refractivity contribution in [3.63, 3.8) is 0 Å². The SMILES string of the molecule is CN(C)c1ccc(S(=O)(=O)n2ccc(/C=C/C(=O)Nc3ccccc3N)c2)cc1. The third kappa shape index (κ3) is 4.67. The smallest absolute Gasteiger partial charge is 0.267 e. The van der Waals surface area contributed by atoms with Crippen molar-refractivity contribution in [1.82, 2.24) is 3.97 Å². The van der Waals surface area contributed by atoms with Crippen LogP contribution < -0.4 is 16.0 Å². The van der Waals surface area contributed by atoms with E-state index in [1.54, 1.807) is 54.6 Å². The molecule has 29 heavy (non-hydrogen) atoms. The Morgan fingerprint density at radius 2 is 1.76 bits per heavy atom. The van der Waals surface area contributed by atoms with Crippen molar-refractivity contribution in [1.29, 1.82) is 0 Å². The van der Waals surface area contributed by atoms with E-state index in [4.69, 9.17) is 5.73 Å². The summed E-state index contributed by atoms with van der Waals surface area (Å²) in [5.41, 5.74) is 8.26. The van der Waals surface area contributed by atoms with Gasteiger partial charge in [0.2, 0.25) is 5.91 Å². The van der Waals surface area contributed by atoms with Crippen LogP contribution in [0.4, 0.5) is 17.1 Å². The molecule has 3 N–H and O–H groups in total. The molecule has 0 radical (unpaired) electrons. The van der Waals surface area contributed by atoms with Gasteiger partial charge in [-0.05, 0) is 54.1 Å². The Labute approximate surface area is 170 Å². The van der Waals surface area contributed by atoms with Crippen LogP contribution in [-0.4, -0.2) is 32.4 Å². The number of nitrogens with one attached hydrogen (secondary N) is 1. The zero-order chi connectivity index (χ0) is 21.0. The van der Waals surface area contributed by atoms with E-state index in [1.807, 2.05) is 19.0 Å². The molecule has 1 aromatic heterocycles. The number of rotatable bonds is 6. The van der Waals surface area contributed by atoms with Gasteiger partial charge >= 0.3 is 0 Å². The molecule has 0 aliphatic rings. The largest absolute Gasteiger partial charge is 0.397 e. The second kappa shape index (κ2) is 8.24. The fourth-order valence-corrected chi connectivity index (χ4v) is 3.84. The quantitative estimate of drug-likeness (QED) is 0.481. The number of para-hydroxylation sites is 2. The summed E-state index contributed by atoms with van der Waals surface area (Å²) in [6.45, 7) is 0. The average molecular weight is 410 g/mol. The minimum atomic E-state index is -3.71. The summed E-state index contributed by atoms with van der Waals surface area (Å²) >= 11 is 0. The summed E-state index contributed by atoms with van der Waals surface area (Å²) in [4.78, 5) is 14.1. The number of anilines is 3. The highest BCUT2D eigenvalue weighted by atomic mass is 32.2. The molecule has 2 aromatic carbocycles. The number of amides is 1. The number of hydrogen-bond acceptors (Lipinski definition) is 5. The zero-order valence-corrected chi connectivity index (χ0v) is 16.9. The lowest BCUT2D eigenvalue weighted by atomic mass is 10.2. The van der Waals surface area contributed by atoms with Gasteiger partial charge in [-0.15, -0.1) is 0 Å².